The molecule has 0 spiro atoms. The van der Waals surface area contributed by atoms with Crippen molar-refractivity contribution in [2.45, 2.75) is 26.7 Å². The number of methoxy groups -OCH3 is 1. The lowest BCUT2D eigenvalue weighted by molar-refractivity contribution is -0.134. The summed E-state index contributed by atoms with van der Waals surface area (Å²) < 4.78 is 9.80. The van der Waals surface area contributed by atoms with Gasteiger partial charge < -0.3 is 19.5 Å². The number of hydrogen-bond acceptors (Lipinski definition) is 5. The van der Waals surface area contributed by atoms with Gasteiger partial charge in [0.2, 0.25) is 11.8 Å². The van der Waals surface area contributed by atoms with Crippen molar-refractivity contribution in [3.63, 3.8) is 0 Å². The highest BCUT2D eigenvalue weighted by Crippen LogP contribution is 2.07. The molecule has 1 N–H and O–H groups in total. The predicted octanol–water partition coefficient (Wildman–Crippen LogP) is 1.20. The van der Waals surface area contributed by atoms with E-state index in [2.05, 4.69) is 10.5 Å². The number of aromatic nitrogens is 1. The van der Waals surface area contributed by atoms with Crippen molar-refractivity contribution in [3.05, 3.63) is 11.8 Å². The number of hydrogen-bond donors (Lipinski definition) is 1. The molecular formula is C13H21N3O4. The molecule has 0 saturated heterocycles. The molecule has 112 valence electrons. The summed E-state index contributed by atoms with van der Waals surface area (Å²) >= 11 is 0. The third kappa shape index (κ3) is 5.40. The Balaban J connectivity index is 2.50. The van der Waals surface area contributed by atoms with Gasteiger partial charge in [-0.05, 0) is 13.3 Å². The first-order valence-electron chi connectivity index (χ1n) is 6.56. The van der Waals surface area contributed by atoms with Crippen LogP contribution in [0.5, 0.6) is 0 Å². The zero-order valence-corrected chi connectivity index (χ0v) is 12.1. The Morgan fingerprint density at radius 1 is 1.50 bits per heavy atom. The van der Waals surface area contributed by atoms with Gasteiger partial charge in [0, 0.05) is 32.7 Å². The maximum absolute atomic E-state index is 11.9. The Labute approximate surface area is 118 Å². The molecule has 0 radical (unpaired) electrons. The van der Waals surface area contributed by atoms with Crippen LogP contribution in [-0.4, -0.2) is 48.7 Å². The van der Waals surface area contributed by atoms with Crippen molar-refractivity contribution in [3.8, 4) is 0 Å². The SMILES string of the molecule is CCC(=O)N(CCCOC)CC(=O)Nc1cc(C)on1. The van der Waals surface area contributed by atoms with Crippen LogP contribution < -0.4 is 5.32 Å². The summed E-state index contributed by atoms with van der Waals surface area (Å²) in [6, 6.07) is 1.62. The molecule has 0 saturated carbocycles. The van der Waals surface area contributed by atoms with Crippen LogP contribution in [0.15, 0.2) is 10.6 Å². The Morgan fingerprint density at radius 3 is 2.80 bits per heavy atom. The molecule has 1 rings (SSSR count). The number of amides is 2. The van der Waals surface area contributed by atoms with Crippen LogP contribution in [0.4, 0.5) is 5.82 Å². The Kier molecular flexibility index (Phi) is 6.72. The van der Waals surface area contributed by atoms with Gasteiger partial charge in [-0.15, -0.1) is 0 Å². The highest BCUT2D eigenvalue weighted by molar-refractivity contribution is 5.93. The number of nitrogens with one attached hydrogen (secondary N) is 1. The molecule has 0 aliphatic rings. The smallest absolute Gasteiger partial charge is 0.245 e. The summed E-state index contributed by atoms with van der Waals surface area (Å²) in [4.78, 5) is 25.2. The van der Waals surface area contributed by atoms with E-state index >= 15 is 0 Å². The molecule has 7 heteroatoms. The summed E-state index contributed by atoms with van der Waals surface area (Å²) in [5.41, 5.74) is 0. The van der Waals surface area contributed by atoms with Crippen molar-refractivity contribution in [1.82, 2.24) is 10.1 Å². The van der Waals surface area contributed by atoms with E-state index in [9.17, 15) is 9.59 Å². The third-order valence-electron chi connectivity index (χ3n) is 2.66. The van der Waals surface area contributed by atoms with E-state index < -0.39 is 0 Å². The number of anilines is 1. The van der Waals surface area contributed by atoms with Crippen LogP contribution >= 0.6 is 0 Å². The molecule has 1 aromatic rings. The first-order chi connectivity index (χ1) is 9.56. The maximum atomic E-state index is 11.9. The molecular weight excluding hydrogens is 262 g/mol. The van der Waals surface area contributed by atoms with Crippen LogP contribution in [0.2, 0.25) is 0 Å². The number of carbonyl (C=O) groups excluding carboxylic acids is 2. The summed E-state index contributed by atoms with van der Waals surface area (Å²) in [5, 5.41) is 6.27. The maximum Gasteiger partial charge on any atom is 0.245 e. The third-order valence-corrected chi connectivity index (χ3v) is 2.66. The molecule has 0 aliphatic carbocycles. The average Bonchev–Trinajstić information content (AvgIpc) is 2.82. The van der Waals surface area contributed by atoms with Crippen LogP contribution in [0.3, 0.4) is 0 Å². The summed E-state index contributed by atoms with van der Waals surface area (Å²) in [7, 11) is 1.60. The Morgan fingerprint density at radius 2 is 2.25 bits per heavy atom. The van der Waals surface area contributed by atoms with E-state index in [0.717, 1.165) is 0 Å². The van der Waals surface area contributed by atoms with Crippen molar-refractivity contribution < 1.29 is 18.8 Å². The Hall–Kier alpha value is -1.89. The van der Waals surface area contributed by atoms with Gasteiger partial charge in [-0.2, -0.15) is 0 Å². The minimum atomic E-state index is -0.294. The van der Waals surface area contributed by atoms with Crippen molar-refractivity contribution in [2.24, 2.45) is 0 Å². The number of rotatable bonds is 8. The predicted molar refractivity (Wildman–Crippen MR) is 73.2 cm³/mol. The summed E-state index contributed by atoms with van der Waals surface area (Å²) in [5.74, 6) is 0.611. The van der Waals surface area contributed by atoms with Crippen LogP contribution in [0, 0.1) is 6.92 Å². The second-order valence-electron chi connectivity index (χ2n) is 4.39. The lowest BCUT2D eigenvalue weighted by atomic mass is 10.3. The van der Waals surface area contributed by atoms with Gasteiger partial charge in [0.25, 0.3) is 0 Å². The standard InChI is InChI=1S/C13H21N3O4/c1-4-13(18)16(6-5-7-19-3)9-12(17)14-11-8-10(2)20-15-11/h8H,4-7,9H2,1-3H3,(H,14,15,17). The van der Waals surface area contributed by atoms with Crippen LogP contribution in [0.25, 0.3) is 0 Å². The second-order valence-corrected chi connectivity index (χ2v) is 4.39. The minimum absolute atomic E-state index is 0.00228. The van der Waals surface area contributed by atoms with E-state index in [1.807, 2.05) is 0 Å². The number of nitrogens with zero attached hydrogens (tertiary/aromatic N) is 2. The molecule has 0 fully saturated rings. The van der Waals surface area contributed by atoms with Gasteiger partial charge in [0.15, 0.2) is 5.82 Å². The van der Waals surface area contributed by atoms with Crippen LogP contribution in [0.1, 0.15) is 25.5 Å². The van der Waals surface area contributed by atoms with Gasteiger partial charge >= 0.3 is 0 Å². The van der Waals surface area contributed by atoms with E-state index in [0.29, 0.717) is 37.6 Å². The van der Waals surface area contributed by atoms with Crippen molar-refractivity contribution in [2.75, 3.05) is 32.1 Å². The van der Waals surface area contributed by atoms with Gasteiger partial charge in [0.05, 0.1) is 6.54 Å². The fourth-order valence-corrected chi connectivity index (χ4v) is 1.70. The van der Waals surface area contributed by atoms with Gasteiger partial charge in [0.1, 0.15) is 5.76 Å². The number of ether oxygens (including phenoxy) is 1. The Bertz CT molecular complexity index is 445. The quantitative estimate of drug-likeness (QED) is 0.725. The lowest BCUT2D eigenvalue weighted by Crippen LogP contribution is -2.38. The number of aryl methyl sites for hydroxylation is 1. The molecule has 0 unspecified atom stereocenters. The van der Waals surface area contributed by atoms with Crippen molar-refractivity contribution in [1.29, 1.82) is 0 Å². The number of carbonyl (C=O) groups is 2. The molecule has 7 nitrogen and oxygen atoms in total. The summed E-state index contributed by atoms with van der Waals surface area (Å²) in [6.45, 7) is 4.55. The first-order valence-corrected chi connectivity index (χ1v) is 6.56. The molecule has 0 atom stereocenters. The molecule has 20 heavy (non-hydrogen) atoms. The molecule has 2 amide bonds. The zero-order chi connectivity index (χ0) is 15.0. The van der Waals surface area contributed by atoms with Gasteiger partial charge in [-0.1, -0.05) is 12.1 Å². The molecule has 1 aromatic heterocycles. The second kappa shape index (κ2) is 8.31. The fraction of sp³-hybridized carbons (Fsp3) is 0.615. The van der Waals surface area contributed by atoms with Crippen LogP contribution in [-0.2, 0) is 14.3 Å². The van der Waals surface area contributed by atoms with Crippen molar-refractivity contribution >= 4 is 17.6 Å². The molecule has 0 bridgehead atoms. The molecule has 1 heterocycles. The highest BCUT2D eigenvalue weighted by Gasteiger charge is 2.16. The molecule has 0 aromatic carbocycles. The minimum Gasteiger partial charge on any atom is -0.385 e. The molecule has 0 aliphatic heterocycles. The lowest BCUT2D eigenvalue weighted by Gasteiger charge is -2.21. The fourth-order valence-electron chi connectivity index (χ4n) is 1.70. The van der Waals surface area contributed by atoms with Gasteiger partial charge in [-0.25, -0.2) is 0 Å². The zero-order valence-electron chi connectivity index (χ0n) is 12.1. The largest absolute Gasteiger partial charge is 0.385 e. The monoisotopic (exact) mass is 283 g/mol. The highest BCUT2D eigenvalue weighted by atomic mass is 16.5. The first kappa shape index (κ1) is 16.2. The summed E-state index contributed by atoms with van der Waals surface area (Å²) in [6.07, 6.45) is 1.06. The van der Waals surface area contributed by atoms with E-state index in [-0.39, 0.29) is 18.4 Å². The van der Waals surface area contributed by atoms with E-state index in [1.165, 1.54) is 4.90 Å². The average molecular weight is 283 g/mol. The normalized spacial score (nSPS) is 10.3. The van der Waals surface area contributed by atoms with E-state index in [4.69, 9.17) is 9.26 Å². The topological polar surface area (TPSA) is 84.7 Å². The van der Waals surface area contributed by atoms with E-state index in [1.54, 1.807) is 27.0 Å². The van der Waals surface area contributed by atoms with Gasteiger partial charge in [-0.3, -0.25) is 9.59 Å².